The van der Waals surface area contributed by atoms with Gasteiger partial charge in [-0.3, -0.25) is 14.9 Å². The number of hydrogen-bond acceptors (Lipinski definition) is 5. The highest BCUT2D eigenvalue weighted by Crippen LogP contribution is 2.34. The van der Waals surface area contributed by atoms with Crippen molar-refractivity contribution in [3.8, 4) is 0 Å². The van der Waals surface area contributed by atoms with Crippen LogP contribution in [0.25, 0.3) is 0 Å². The number of carbonyl (C=O) groups excluding carboxylic acids is 1. The Morgan fingerprint density at radius 3 is 2.68 bits per heavy atom. The van der Waals surface area contributed by atoms with E-state index in [9.17, 15) is 14.9 Å². The van der Waals surface area contributed by atoms with E-state index in [-0.39, 0.29) is 23.1 Å². The number of unbranched alkanes of at least 4 members (excludes halogenated alkanes) is 1. The number of halogens is 1. The summed E-state index contributed by atoms with van der Waals surface area (Å²) in [6.45, 7) is 4.07. The quantitative estimate of drug-likeness (QED) is 0.239. The van der Waals surface area contributed by atoms with Crippen LogP contribution in [-0.2, 0) is 9.53 Å². The zero-order valence-corrected chi connectivity index (χ0v) is 14.8. The molecule has 7 heteroatoms. The predicted molar refractivity (Wildman–Crippen MR) is 94.8 cm³/mol. The van der Waals surface area contributed by atoms with Gasteiger partial charge in [0.15, 0.2) is 0 Å². The molecule has 1 unspecified atom stereocenters. The second-order valence-electron chi connectivity index (χ2n) is 5.61. The van der Waals surface area contributed by atoms with Gasteiger partial charge in [-0.2, -0.15) is 0 Å². The summed E-state index contributed by atoms with van der Waals surface area (Å²) in [5, 5.41) is 11.5. The second-order valence-corrected chi connectivity index (χ2v) is 5.99. The lowest BCUT2D eigenvalue weighted by atomic mass is 9.91. The summed E-state index contributed by atoms with van der Waals surface area (Å²) < 4.78 is 5.34. The molecule has 132 valence electrons. The van der Waals surface area contributed by atoms with Crippen molar-refractivity contribution in [3.63, 3.8) is 0 Å². The van der Waals surface area contributed by atoms with E-state index in [1.165, 1.54) is 12.1 Å². The summed E-state index contributed by atoms with van der Waals surface area (Å²) in [5.74, 6) is -1.57. The first-order valence-electron chi connectivity index (χ1n) is 7.98. The van der Waals surface area contributed by atoms with Crippen LogP contribution in [0.5, 0.6) is 0 Å². The van der Waals surface area contributed by atoms with Crippen LogP contribution in [0.1, 0.15) is 42.5 Å². The van der Waals surface area contributed by atoms with Gasteiger partial charge in [0.1, 0.15) is 16.8 Å². The van der Waals surface area contributed by atoms with Crippen LogP contribution in [-0.4, -0.2) is 22.5 Å². The Kier molecular flexibility index (Phi) is 6.47. The van der Waals surface area contributed by atoms with E-state index in [4.69, 9.17) is 16.3 Å². The number of rotatable bonds is 7. The highest BCUT2D eigenvalue weighted by molar-refractivity contribution is 6.29. The molecule has 2 rings (SSSR count). The normalized spacial score (nSPS) is 11.8. The van der Waals surface area contributed by atoms with E-state index in [1.54, 1.807) is 12.1 Å². The molecule has 0 fully saturated rings. The van der Waals surface area contributed by atoms with Gasteiger partial charge in [0, 0.05) is 6.07 Å². The van der Waals surface area contributed by atoms with E-state index in [0.717, 1.165) is 18.4 Å². The third-order valence-corrected chi connectivity index (χ3v) is 4.03. The maximum absolute atomic E-state index is 12.7. The number of nitro groups is 1. The fraction of sp³-hybridized carbons (Fsp3) is 0.333. The molecular weight excluding hydrogens is 344 g/mol. The minimum atomic E-state index is -1.00. The number of ether oxygens (including phenoxy) is 1. The molecular formula is C18H19ClN2O4. The second kappa shape index (κ2) is 8.58. The minimum absolute atomic E-state index is 0.00621. The van der Waals surface area contributed by atoms with Gasteiger partial charge in [-0.25, -0.2) is 4.98 Å². The van der Waals surface area contributed by atoms with Crippen LogP contribution in [0.3, 0.4) is 0 Å². The van der Waals surface area contributed by atoms with Crippen LogP contribution in [0.2, 0.25) is 5.15 Å². The Hall–Kier alpha value is -2.47. The van der Waals surface area contributed by atoms with Crippen molar-refractivity contribution < 1.29 is 14.5 Å². The van der Waals surface area contributed by atoms with E-state index < -0.39 is 16.8 Å². The molecule has 1 atom stereocenters. The molecule has 0 N–H and O–H groups in total. The van der Waals surface area contributed by atoms with Crippen molar-refractivity contribution in [2.75, 3.05) is 6.61 Å². The zero-order valence-electron chi connectivity index (χ0n) is 14.1. The smallest absolute Gasteiger partial charge is 0.319 e. The predicted octanol–water partition coefficient (Wildman–Crippen LogP) is 4.43. The number of carbonyl (C=O) groups is 1. The first-order valence-corrected chi connectivity index (χ1v) is 8.36. The molecule has 0 bridgehead atoms. The summed E-state index contributed by atoms with van der Waals surface area (Å²) in [5.41, 5.74) is 1.16. The fourth-order valence-electron chi connectivity index (χ4n) is 2.51. The lowest BCUT2D eigenvalue weighted by Crippen LogP contribution is -2.21. The van der Waals surface area contributed by atoms with E-state index in [0.29, 0.717) is 5.56 Å². The first kappa shape index (κ1) is 18.9. The first-order chi connectivity index (χ1) is 12.0. The molecule has 0 aliphatic heterocycles. The summed E-state index contributed by atoms with van der Waals surface area (Å²) in [6, 6.07) is 9.77. The van der Waals surface area contributed by atoms with Crippen LogP contribution in [0, 0.1) is 17.0 Å². The summed E-state index contributed by atoms with van der Waals surface area (Å²) in [4.78, 5) is 27.7. The van der Waals surface area contributed by atoms with Crippen molar-refractivity contribution in [2.45, 2.75) is 32.6 Å². The number of hydrogen-bond donors (Lipinski definition) is 0. The van der Waals surface area contributed by atoms with Gasteiger partial charge in [0.25, 0.3) is 5.69 Å². The molecule has 0 amide bonds. The third-order valence-electron chi connectivity index (χ3n) is 3.82. The Morgan fingerprint density at radius 1 is 1.32 bits per heavy atom. The van der Waals surface area contributed by atoms with Gasteiger partial charge in [-0.05, 0) is 30.5 Å². The molecule has 1 aromatic carbocycles. The Balaban J connectivity index is 2.56. The van der Waals surface area contributed by atoms with Crippen molar-refractivity contribution in [1.29, 1.82) is 0 Å². The molecule has 0 saturated carbocycles. The maximum atomic E-state index is 12.7. The van der Waals surface area contributed by atoms with Crippen molar-refractivity contribution in [3.05, 3.63) is 68.5 Å². The molecule has 0 spiro atoms. The lowest BCUT2D eigenvalue weighted by molar-refractivity contribution is -0.386. The van der Waals surface area contributed by atoms with Crippen molar-refractivity contribution in [2.24, 2.45) is 0 Å². The monoisotopic (exact) mass is 362 g/mol. The molecule has 2 aromatic rings. The van der Waals surface area contributed by atoms with Gasteiger partial charge in [0.2, 0.25) is 0 Å². The zero-order chi connectivity index (χ0) is 18.4. The molecule has 6 nitrogen and oxygen atoms in total. The van der Waals surface area contributed by atoms with Crippen molar-refractivity contribution >= 4 is 23.3 Å². The molecule has 1 heterocycles. The summed E-state index contributed by atoms with van der Waals surface area (Å²) >= 11 is 5.94. The molecule has 25 heavy (non-hydrogen) atoms. The Morgan fingerprint density at radius 2 is 2.04 bits per heavy atom. The lowest BCUT2D eigenvalue weighted by Gasteiger charge is -2.18. The maximum Gasteiger partial charge on any atom is 0.319 e. The van der Waals surface area contributed by atoms with Crippen LogP contribution in [0.15, 0.2) is 36.4 Å². The SMILES string of the molecule is CCCCOC(=O)C(c1ccccc1C)c1nc(Cl)ccc1[N+](=O)[O-]. The highest BCUT2D eigenvalue weighted by Gasteiger charge is 2.33. The van der Waals surface area contributed by atoms with Gasteiger partial charge in [-0.15, -0.1) is 0 Å². The molecule has 1 aromatic heterocycles. The van der Waals surface area contributed by atoms with Crippen molar-refractivity contribution in [1.82, 2.24) is 4.98 Å². The molecule has 0 radical (unpaired) electrons. The topological polar surface area (TPSA) is 82.3 Å². The van der Waals surface area contributed by atoms with Gasteiger partial charge < -0.3 is 4.74 Å². The fourth-order valence-corrected chi connectivity index (χ4v) is 2.66. The molecule has 0 aliphatic rings. The standard InChI is InChI=1S/C18H19ClN2O4/c1-3-4-11-25-18(22)16(13-8-6-5-7-12(13)2)17-14(21(23)24)9-10-15(19)20-17/h5-10,16H,3-4,11H2,1-2H3. The number of pyridine rings is 1. The number of esters is 1. The van der Waals surface area contributed by atoms with E-state index in [1.807, 2.05) is 26.0 Å². The number of aromatic nitrogens is 1. The number of benzene rings is 1. The molecule has 0 aliphatic carbocycles. The number of aryl methyl sites for hydroxylation is 1. The van der Waals surface area contributed by atoms with Crippen LogP contribution < -0.4 is 0 Å². The van der Waals surface area contributed by atoms with E-state index in [2.05, 4.69) is 4.98 Å². The summed E-state index contributed by atoms with van der Waals surface area (Å²) in [6.07, 6.45) is 1.59. The average molecular weight is 363 g/mol. The Labute approximate surface area is 150 Å². The average Bonchev–Trinajstić information content (AvgIpc) is 2.57. The summed E-state index contributed by atoms with van der Waals surface area (Å²) in [7, 11) is 0. The van der Waals surface area contributed by atoms with Crippen LogP contribution in [0.4, 0.5) is 5.69 Å². The minimum Gasteiger partial charge on any atom is -0.465 e. The number of nitrogens with zero attached hydrogens (tertiary/aromatic N) is 2. The highest BCUT2D eigenvalue weighted by atomic mass is 35.5. The third kappa shape index (κ3) is 4.54. The molecule has 0 saturated heterocycles. The van der Waals surface area contributed by atoms with Gasteiger partial charge >= 0.3 is 5.97 Å². The Bertz CT molecular complexity index is 779. The van der Waals surface area contributed by atoms with Gasteiger partial charge in [-0.1, -0.05) is 49.2 Å². The van der Waals surface area contributed by atoms with E-state index >= 15 is 0 Å². The van der Waals surface area contributed by atoms with Crippen LogP contribution >= 0.6 is 11.6 Å². The largest absolute Gasteiger partial charge is 0.465 e. The van der Waals surface area contributed by atoms with Gasteiger partial charge in [0.05, 0.1) is 11.5 Å².